The van der Waals surface area contributed by atoms with Gasteiger partial charge in [-0.1, -0.05) is 23.8 Å². The maximum atomic E-state index is 12.1. The van der Waals surface area contributed by atoms with Crippen molar-refractivity contribution in [2.24, 2.45) is 0 Å². The van der Waals surface area contributed by atoms with E-state index in [4.69, 9.17) is 14.2 Å². The molecule has 0 bridgehead atoms. The zero-order valence-electron chi connectivity index (χ0n) is 16.3. The van der Waals surface area contributed by atoms with Gasteiger partial charge in [0.25, 0.3) is 5.91 Å². The van der Waals surface area contributed by atoms with Gasteiger partial charge >= 0.3 is 5.97 Å². The van der Waals surface area contributed by atoms with Crippen molar-refractivity contribution in [1.82, 2.24) is 0 Å². The number of ether oxygens (including phenoxy) is 3. The molecule has 1 N–H and O–H groups in total. The smallest absolute Gasteiger partial charge is 0.310 e. The number of methoxy groups -OCH3 is 2. The molecule has 0 fully saturated rings. The molecule has 0 aliphatic carbocycles. The lowest BCUT2D eigenvalue weighted by atomic mass is 10.1. The number of aryl methyl sites for hydroxylation is 3. The fourth-order valence-electron chi connectivity index (χ4n) is 2.91. The average molecular weight is 371 g/mol. The van der Waals surface area contributed by atoms with Crippen molar-refractivity contribution in [3.05, 3.63) is 52.6 Å². The molecular formula is C21H25NO5. The Morgan fingerprint density at radius 2 is 1.56 bits per heavy atom. The van der Waals surface area contributed by atoms with E-state index in [9.17, 15) is 9.59 Å². The summed E-state index contributed by atoms with van der Waals surface area (Å²) in [7, 11) is 3.07. The van der Waals surface area contributed by atoms with Gasteiger partial charge in [0.05, 0.1) is 20.6 Å². The van der Waals surface area contributed by atoms with Gasteiger partial charge < -0.3 is 19.5 Å². The zero-order chi connectivity index (χ0) is 20.0. The standard InChI is InChI=1S/C21H25NO5/c1-13-8-14(2)21(15(3)9-13)22-19(23)12-27-20(24)11-16-6-7-17(25-4)18(10-16)26-5/h6-10H,11-12H2,1-5H3,(H,22,23). The van der Waals surface area contributed by atoms with Gasteiger partial charge in [0.1, 0.15) is 0 Å². The van der Waals surface area contributed by atoms with Crippen molar-refractivity contribution >= 4 is 17.6 Å². The molecular weight excluding hydrogens is 346 g/mol. The Morgan fingerprint density at radius 3 is 2.15 bits per heavy atom. The van der Waals surface area contributed by atoms with Crippen molar-refractivity contribution in [2.45, 2.75) is 27.2 Å². The SMILES string of the molecule is COc1ccc(CC(=O)OCC(=O)Nc2c(C)cc(C)cc2C)cc1OC. The van der Waals surface area contributed by atoms with E-state index < -0.39 is 5.97 Å². The van der Waals surface area contributed by atoms with E-state index in [-0.39, 0.29) is 18.9 Å². The molecule has 27 heavy (non-hydrogen) atoms. The minimum absolute atomic E-state index is 0.0379. The minimum atomic E-state index is -0.491. The first kappa shape index (κ1) is 20.3. The van der Waals surface area contributed by atoms with E-state index in [0.717, 1.165) is 22.4 Å². The van der Waals surface area contributed by atoms with Crippen LogP contribution in [-0.4, -0.2) is 32.7 Å². The molecule has 2 aromatic carbocycles. The highest BCUT2D eigenvalue weighted by Crippen LogP contribution is 2.27. The zero-order valence-corrected chi connectivity index (χ0v) is 16.3. The van der Waals surface area contributed by atoms with Crippen LogP contribution in [0.25, 0.3) is 0 Å². The molecule has 6 heteroatoms. The lowest BCUT2D eigenvalue weighted by Crippen LogP contribution is -2.22. The van der Waals surface area contributed by atoms with Gasteiger partial charge in [-0.25, -0.2) is 0 Å². The number of carbonyl (C=O) groups excluding carboxylic acids is 2. The summed E-state index contributed by atoms with van der Waals surface area (Å²) in [5.41, 5.74) is 4.53. The van der Waals surface area contributed by atoms with E-state index in [2.05, 4.69) is 5.32 Å². The molecule has 0 spiro atoms. The number of hydrogen-bond acceptors (Lipinski definition) is 5. The van der Waals surface area contributed by atoms with Crippen LogP contribution in [0.4, 0.5) is 5.69 Å². The lowest BCUT2D eigenvalue weighted by molar-refractivity contribution is -0.146. The van der Waals surface area contributed by atoms with E-state index in [0.29, 0.717) is 17.1 Å². The number of hydrogen-bond donors (Lipinski definition) is 1. The Balaban J connectivity index is 1.91. The van der Waals surface area contributed by atoms with Crippen LogP contribution in [0.15, 0.2) is 30.3 Å². The first-order chi connectivity index (χ1) is 12.8. The number of benzene rings is 2. The summed E-state index contributed by atoms with van der Waals surface area (Å²) in [5, 5.41) is 2.81. The van der Waals surface area contributed by atoms with Crippen LogP contribution in [-0.2, 0) is 20.7 Å². The highest BCUT2D eigenvalue weighted by atomic mass is 16.5. The molecule has 0 aliphatic heterocycles. The third-order valence-electron chi connectivity index (χ3n) is 4.10. The summed E-state index contributed by atoms with van der Waals surface area (Å²) in [6, 6.07) is 9.16. The molecule has 2 aromatic rings. The third-order valence-corrected chi connectivity index (χ3v) is 4.10. The van der Waals surface area contributed by atoms with E-state index in [1.165, 1.54) is 7.11 Å². The van der Waals surface area contributed by atoms with E-state index in [1.54, 1.807) is 25.3 Å². The van der Waals surface area contributed by atoms with Crippen molar-refractivity contribution in [1.29, 1.82) is 0 Å². The van der Waals surface area contributed by atoms with Gasteiger partial charge in [-0.05, 0) is 49.6 Å². The molecule has 2 rings (SSSR count). The van der Waals surface area contributed by atoms with Crippen LogP contribution in [0, 0.1) is 20.8 Å². The van der Waals surface area contributed by atoms with Gasteiger partial charge in [-0.15, -0.1) is 0 Å². The Morgan fingerprint density at radius 1 is 0.926 bits per heavy atom. The summed E-state index contributed by atoms with van der Waals surface area (Å²) >= 11 is 0. The van der Waals surface area contributed by atoms with Crippen LogP contribution >= 0.6 is 0 Å². The quantitative estimate of drug-likeness (QED) is 0.756. The number of rotatable bonds is 7. The lowest BCUT2D eigenvalue weighted by Gasteiger charge is -2.13. The molecule has 0 heterocycles. The number of amides is 1. The first-order valence-electron chi connectivity index (χ1n) is 8.58. The first-order valence-corrected chi connectivity index (χ1v) is 8.58. The second-order valence-corrected chi connectivity index (χ2v) is 6.35. The normalized spacial score (nSPS) is 10.3. The van der Waals surface area contributed by atoms with Crippen LogP contribution in [0.2, 0.25) is 0 Å². The number of anilines is 1. The van der Waals surface area contributed by atoms with Crippen LogP contribution in [0.3, 0.4) is 0 Å². The molecule has 0 saturated heterocycles. The van der Waals surface area contributed by atoms with Crippen molar-refractivity contribution in [3.8, 4) is 11.5 Å². The number of esters is 1. The molecule has 0 aromatic heterocycles. The summed E-state index contributed by atoms with van der Waals surface area (Å²) in [5.74, 6) is 0.254. The molecule has 1 amide bonds. The van der Waals surface area contributed by atoms with Crippen molar-refractivity contribution < 1.29 is 23.8 Å². The predicted octanol–water partition coefficient (Wildman–Crippen LogP) is 3.35. The Bertz CT molecular complexity index is 821. The largest absolute Gasteiger partial charge is 0.493 e. The highest BCUT2D eigenvalue weighted by molar-refractivity contribution is 5.94. The van der Waals surface area contributed by atoms with Gasteiger partial charge in [-0.3, -0.25) is 9.59 Å². The molecule has 0 unspecified atom stereocenters. The molecule has 0 saturated carbocycles. The fourth-order valence-corrected chi connectivity index (χ4v) is 2.91. The third kappa shape index (κ3) is 5.48. The summed E-state index contributed by atoms with van der Waals surface area (Å²) in [4.78, 5) is 24.1. The summed E-state index contributed by atoms with van der Waals surface area (Å²) in [6.45, 7) is 5.53. The molecule has 6 nitrogen and oxygen atoms in total. The van der Waals surface area contributed by atoms with Crippen molar-refractivity contribution in [3.63, 3.8) is 0 Å². The van der Waals surface area contributed by atoms with Crippen LogP contribution in [0.1, 0.15) is 22.3 Å². The molecule has 0 aliphatic rings. The fraction of sp³-hybridized carbons (Fsp3) is 0.333. The van der Waals surface area contributed by atoms with Crippen LogP contribution < -0.4 is 14.8 Å². The molecule has 0 atom stereocenters. The second kappa shape index (κ2) is 9.07. The van der Waals surface area contributed by atoms with Crippen LogP contribution in [0.5, 0.6) is 11.5 Å². The molecule has 0 radical (unpaired) electrons. The maximum Gasteiger partial charge on any atom is 0.310 e. The second-order valence-electron chi connectivity index (χ2n) is 6.35. The number of nitrogens with one attached hydrogen (secondary N) is 1. The average Bonchev–Trinajstić information content (AvgIpc) is 2.62. The predicted molar refractivity (Wildman–Crippen MR) is 103 cm³/mol. The highest BCUT2D eigenvalue weighted by Gasteiger charge is 2.13. The Hall–Kier alpha value is -3.02. The Kier molecular flexibility index (Phi) is 6.82. The Labute approximate surface area is 159 Å². The summed E-state index contributed by atoms with van der Waals surface area (Å²) in [6.07, 6.45) is 0.0379. The van der Waals surface area contributed by atoms with E-state index >= 15 is 0 Å². The van der Waals surface area contributed by atoms with Crippen molar-refractivity contribution in [2.75, 3.05) is 26.1 Å². The maximum absolute atomic E-state index is 12.1. The summed E-state index contributed by atoms with van der Waals surface area (Å²) < 4.78 is 15.5. The van der Waals surface area contributed by atoms with Gasteiger partial charge in [0, 0.05) is 5.69 Å². The molecule has 144 valence electrons. The van der Waals surface area contributed by atoms with Gasteiger partial charge in [0.15, 0.2) is 18.1 Å². The topological polar surface area (TPSA) is 73.9 Å². The van der Waals surface area contributed by atoms with Gasteiger partial charge in [-0.2, -0.15) is 0 Å². The monoisotopic (exact) mass is 371 g/mol. The van der Waals surface area contributed by atoms with Gasteiger partial charge in [0.2, 0.25) is 0 Å². The minimum Gasteiger partial charge on any atom is -0.493 e. The van der Waals surface area contributed by atoms with E-state index in [1.807, 2.05) is 32.9 Å². The number of carbonyl (C=O) groups is 2.